The van der Waals surface area contributed by atoms with Crippen LogP contribution in [0.3, 0.4) is 0 Å². The molecule has 0 aromatic rings. The monoisotopic (exact) mass is 152 g/mol. The zero-order valence-electron chi connectivity index (χ0n) is 7.09. The van der Waals surface area contributed by atoms with Crippen molar-refractivity contribution in [3.05, 3.63) is 0 Å². The second-order valence-electron chi connectivity index (χ2n) is 4.48. The third kappa shape index (κ3) is 0.798. The fourth-order valence-electron chi connectivity index (χ4n) is 3.27. The van der Waals surface area contributed by atoms with Crippen LogP contribution < -0.4 is 5.32 Å². The molecule has 4 bridgehead atoms. The van der Waals surface area contributed by atoms with Crippen molar-refractivity contribution in [1.29, 1.82) is 0 Å². The van der Waals surface area contributed by atoms with Crippen LogP contribution in [0.15, 0.2) is 0 Å². The van der Waals surface area contributed by atoms with Crippen LogP contribution in [0.1, 0.15) is 25.7 Å². The fourth-order valence-corrected chi connectivity index (χ4v) is 3.27. The van der Waals surface area contributed by atoms with E-state index in [4.69, 9.17) is 0 Å². The molecule has 0 spiro atoms. The molecule has 0 aromatic heterocycles. The molecule has 2 nitrogen and oxygen atoms in total. The highest BCUT2D eigenvalue weighted by atomic mass is 15.2. The molecule has 0 atom stereocenters. The van der Waals surface area contributed by atoms with Crippen molar-refractivity contribution in [3.8, 4) is 0 Å². The summed E-state index contributed by atoms with van der Waals surface area (Å²) in [6.07, 6.45) is 5.62. The Kier molecular flexibility index (Phi) is 1.16. The molecule has 4 fully saturated rings. The first-order valence-electron chi connectivity index (χ1n) is 4.81. The van der Waals surface area contributed by atoms with E-state index < -0.39 is 0 Å². The summed E-state index contributed by atoms with van der Waals surface area (Å²) in [5.74, 6) is 0. The molecule has 0 radical (unpaired) electrons. The van der Waals surface area contributed by atoms with E-state index in [1.54, 1.807) is 0 Å². The first kappa shape index (κ1) is 6.44. The van der Waals surface area contributed by atoms with Gasteiger partial charge < -0.3 is 10.2 Å². The van der Waals surface area contributed by atoms with E-state index in [9.17, 15) is 0 Å². The van der Waals surface area contributed by atoms with Gasteiger partial charge in [0.25, 0.3) is 0 Å². The largest absolute Gasteiger partial charge is 0.311 e. The minimum Gasteiger partial charge on any atom is -0.311 e. The molecule has 4 aliphatic heterocycles. The van der Waals surface area contributed by atoms with Gasteiger partial charge in [-0.05, 0) is 32.7 Å². The average molecular weight is 152 g/mol. The molecule has 4 saturated heterocycles. The lowest BCUT2D eigenvalue weighted by atomic mass is 9.75. The SMILES string of the molecule is CN1C2CC3CC1CC(C2)N3. The highest BCUT2D eigenvalue weighted by Crippen LogP contribution is 2.37. The number of nitrogens with one attached hydrogen (secondary N) is 1. The molecule has 0 amide bonds. The maximum atomic E-state index is 3.71. The Morgan fingerprint density at radius 2 is 1.45 bits per heavy atom. The maximum absolute atomic E-state index is 3.71. The molecule has 1 N–H and O–H groups in total. The van der Waals surface area contributed by atoms with Gasteiger partial charge in [0.1, 0.15) is 0 Å². The van der Waals surface area contributed by atoms with Gasteiger partial charge in [0.15, 0.2) is 0 Å². The predicted octanol–water partition coefficient (Wildman–Crippen LogP) is 0.583. The topological polar surface area (TPSA) is 15.3 Å². The average Bonchev–Trinajstić information content (AvgIpc) is 1.98. The first-order chi connectivity index (χ1) is 5.33. The molecular weight excluding hydrogens is 136 g/mol. The van der Waals surface area contributed by atoms with Gasteiger partial charge in [-0.3, -0.25) is 0 Å². The van der Waals surface area contributed by atoms with Crippen molar-refractivity contribution in [2.75, 3.05) is 7.05 Å². The van der Waals surface area contributed by atoms with Crippen LogP contribution in [0.2, 0.25) is 0 Å². The second kappa shape index (κ2) is 1.99. The molecule has 11 heavy (non-hydrogen) atoms. The number of nitrogens with zero attached hydrogens (tertiary/aromatic N) is 1. The highest BCUT2D eigenvalue weighted by molar-refractivity contribution is 5.04. The third-order valence-electron chi connectivity index (χ3n) is 3.85. The van der Waals surface area contributed by atoms with Crippen molar-refractivity contribution in [3.63, 3.8) is 0 Å². The zero-order valence-corrected chi connectivity index (χ0v) is 7.09. The Morgan fingerprint density at radius 3 is 1.91 bits per heavy atom. The molecule has 0 saturated carbocycles. The van der Waals surface area contributed by atoms with E-state index in [-0.39, 0.29) is 0 Å². The third-order valence-corrected chi connectivity index (χ3v) is 3.85. The van der Waals surface area contributed by atoms with Gasteiger partial charge >= 0.3 is 0 Å². The van der Waals surface area contributed by atoms with Crippen molar-refractivity contribution in [1.82, 2.24) is 10.2 Å². The van der Waals surface area contributed by atoms with E-state index in [1.165, 1.54) is 25.7 Å². The number of hydrogen-bond acceptors (Lipinski definition) is 2. The van der Waals surface area contributed by atoms with Crippen LogP contribution in [0.25, 0.3) is 0 Å². The minimum absolute atomic E-state index is 0.869. The summed E-state index contributed by atoms with van der Waals surface area (Å²) in [6, 6.07) is 3.57. The molecule has 4 heterocycles. The van der Waals surface area contributed by atoms with Crippen molar-refractivity contribution >= 4 is 0 Å². The predicted molar refractivity (Wildman–Crippen MR) is 44.5 cm³/mol. The van der Waals surface area contributed by atoms with Crippen LogP contribution in [-0.4, -0.2) is 36.1 Å². The van der Waals surface area contributed by atoms with Crippen molar-refractivity contribution < 1.29 is 0 Å². The normalized spacial score (nSPS) is 55.4. The lowest BCUT2D eigenvalue weighted by Crippen LogP contribution is -2.66. The van der Waals surface area contributed by atoms with Crippen LogP contribution in [0, 0.1) is 0 Å². The van der Waals surface area contributed by atoms with Gasteiger partial charge in [0, 0.05) is 24.2 Å². The number of piperidine rings is 4. The molecule has 4 rings (SSSR count). The lowest BCUT2D eigenvalue weighted by molar-refractivity contribution is -0.0125. The Labute approximate surface area is 68.0 Å². The van der Waals surface area contributed by atoms with Gasteiger partial charge in [0.2, 0.25) is 0 Å². The van der Waals surface area contributed by atoms with Gasteiger partial charge in [0.05, 0.1) is 0 Å². The van der Waals surface area contributed by atoms with Crippen molar-refractivity contribution in [2.45, 2.75) is 49.9 Å². The van der Waals surface area contributed by atoms with E-state index in [0.29, 0.717) is 0 Å². The molecular formula is C9H16N2. The molecule has 0 aliphatic carbocycles. The van der Waals surface area contributed by atoms with E-state index in [1.807, 2.05) is 0 Å². The van der Waals surface area contributed by atoms with Crippen LogP contribution in [-0.2, 0) is 0 Å². The summed E-state index contributed by atoms with van der Waals surface area (Å²) in [5, 5.41) is 3.71. The van der Waals surface area contributed by atoms with Gasteiger partial charge in [-0.15, -0.1) is 0 Å². The number of hydrogen-bond donors (Lipinski definition) is 1. The number of rotatable bonds is 0. The standard InChI is InChI=1S/C9H16N2/c1-11-8-2-6-3-9(11)5-7(4-8)10-6/h6-10H,2-5H2,1H3. The van der Waals surface area contributed by atoms with E-state index in [0.717, 1.165) is 24.2 Å². The van der Waals surface area contributed by atoms with E-state index in [2.05, 4.69) is 17.3 Å². The minimum atomic E-state index is 0.869. The summed E-state index contributed by atoms with van der Waals surface area (Å²) in [4.78, 5) is 2.62. The molecule has 0 aromatic carbocycles. The molecule has 4 aliphatic rings. The van der Waals surface area contributed by atoms with Crippen molar-refractivity contribution in [2.24, 2.45) is 0 Å². The smallest absolute Gasteiger partial charge is 0.0125 e. The van der Waals surface area contributed by atoms with Crippen LogP contribution >= 0.6 is 0 Å². The second-order valence-corrected chi connectivity index (χ2v) is 4.48. The van der Waals surface area contributed by atoms with Crippen LogP contribution in [0.5, 0.6) is 0 Å². The summed E-state index contributed by atoms with van der Waals surface area (Å²) in [6.45, 7) is 0. The zero-order chi connectivity index (χ0) is 7.42. The summed E-state index contributed by atoms with van der Waals surface area (Å²) >= 11 is 0. The summed E-state index contributed by atoms with van der Waals surface area (Å²) < 4.78 is 0. The van der Waals surface area contributed by atoms with Gasteiger partial charge in [-0.2, -0.15) is 0 Å². The molecule has 62 valence electrons. The Hall–Kier alpha value is -0.0800. The van der Waals surface area contributed by atoms with Gasteiger partial charge in [-0.25, -0.2) is 0 Å². The van der Waals surface area contributed by atoms with Gasteiger partial charge in [-0.1, -0.05) is 0 Å². The molecule has 2 heteroatoms. The Balaban J connectivity index is 1.91. The Bertz CT molecular complexity index is 150. The molecule has 0 unspecified atom stereocenters. The van der Waals surface area contributed by atoms with Crippen LogP contribution in [0.4, 0.5) is 0 Å². The summed E-state index contributed by atoms with van der Waals surface area (Å²) in [5.41, 5.74) is 0. The Morgan fingerprint density at radius 1 is 1.00 bits per heavy atom. The fraction of sp³-hybridized carbons (Fsp3) is 1.00. The quantitative estimate of drug-likeness (QED) is 0.546. The summed E-state index contributed by atoms with van der Waals surface area (Å²) in [7, 11) is 2.31. The maximum Gasteiger partial charge on any atom is 0.0125 e. The first-order valence-corrected chi connectivity index (χ1v) is 4.81. The van der Waals surface area contributed by atoms with E-state index >= 15 is 0 Å². The highest BCUT2D eigenvalue weighted by Gasteiger charge is 2.44. The lowest BCUT2D eigenvalue weighted by Gasteiger charge is -2.55.